The summed E-state index contributed by atoms with van der Waals surface area (Å²) in [6.45, 7) is 0. The van der Waals surface area contributed by atoms with Crippen molar-refractivity contribution in [2.24, 2.45) is 0 Å². The van der Waals surface area contributed by atoms with Gasteiger partial charge in [0.05, 0.1) is 16.1 Å². The van der Waals surface area contributed by atoms with E-state index in [1.54, 1.807) is 18.2 Å². The number of anilines is 1. The van der Waals surface area contributed by atoms with Crippen LogP contribution in [0.15, 0.2) is 33.6 Å². The van der Waals surface area contributed by atoms with E-state index >= 15 is 0 Å². The van der Waals surface area contributed by atoms with Crippen LogP contribution in [0, 0.1) is 0 Å². The number of benzene rings is 1. The second-order valence-electron chi connectivity index (χ2n) is 4.04. The van der Waals surface area contributed by atoms with E-state index in [0.29, 0.717) is 20.6 Å². The Bertz CT molecular complexity index is 902. The van der Waals surface area contributed by atoms with Crippen LogP contribution in [0.25, 0.3) is 10.6 Å². The number of aromatic nitrogens is 3. The van der Waals surface area contributed by atoms with Crippen LogP contribution in [0.2, 0.25) is 10.0 Å². The molecule has 112 valence electrons. The summed E-state index contributed by atoms with van der Waals surface area (Å²) in [4.78, 5) is 22.7. The number of hydrogen-bond acceptors (Lipinski definition) is 6. The number of rotatable bonds is 3. The van der Waals surface area contributed by atoms with Crippen LogP contribution in [0.4, 0.5) is 5.13 Å². The predicted octanol–water partition coefficient (Wildman–Crippen LogP) is 3.05. The van der Waals surface area contributed by atoms with Crippen LogP contribution >= 0.6 is 34.5 Å². The average Bonchev–Trinajstić information content (AvgIpc) is 3.11. The molecule has 0 radical (unpaired) electrons. The summed E-state index contributed by atoms with van der Waals surface area (Å²) in [5, 5.41) is 13.8. The fourth-order valence-corrected chi connectivity index (χ4v) is 2.82. The number of amides is 1. The van der Waals surface area contributed by atoms with Crippen molar-refractivity contribution in [3.63, 3.8) is 0 Å². The first-order chi connectivity index (χ1) is 10.5. The molecule has 1 amide bonds. The Labute approximate surface area is 136 Å². The Morgan fingerprint density at radius 3 is 2.86 bits per heavy atom. The smallest absolute Gasteiger partial charge is 0.296 e. The summed E-state index contributed by atoms with van der Waals surface area (Å²) in [6, 6.07) is 6.17. The largest absolute Gasteiger partial charge is 0.373 e. The van der Waals surface area contributed by atoms with Crippen LogP contribution in [-0.2, 0) is 0 Å². The third-order valence-corrected chi connectivity index (χ3v) is 4.27. The van der Waals surface area contributed by atoms with E-state index in [9.17, 15) is 9.59 Å². The van der Waals surface area contributed by atoms with E-state index in [0.717, 1.165) is 17.4 Å². The second kappa shape index (κ2) is 5.91. The Morgan fingerprint density at radius 2 is 2.14 bits per heavy atom. The molecule has 0 bridgehead atoms. The molecule has 2 aromatic heterocycles. The monoisotopic (exact) mass is 356 g/mol. The number of H-pyrrole nitrogens is 1. The first kappa shape index (κ1) is 14.8. The molecule has 0 fully saturated rings. The zero-order chi connectivity index (χ0) is 15.7. The maximum absolute atomic E-state index is 11.8. The van der Waals surface area contributed by atoms with Gasteiger partial charge >= 0.3 is 0 Å². The van der Waals surface area contributed by atoms with E-state index < -0.39 is 11.5 Å². The average molecular weight is 357 g/mol. The van der Waals surface area contributed by atoms with E-state index in [2.05, 4.69) is 15.5 Å². The van der Waals surface area contributed by atoms with Crippen molar-refractivity contribution in [3.8, 4) is 10.6 Å². The summed E-state index contributed by atoms with van der Waals surface area (Å²) in [7, 11) is 0. The fourth-order valence-electron chi connectivity index (χ4n) is 1.61. The molecule has 0 aliphatic carbocycles. The van der Waals surface area contributed by atoms with Gasteiger partial charge in [-0.1, -0.05) is 46.7 Å². The van der Waals surface area contributed by atoms with Gasteiger partial charge in [0.15, 0.2) is 5.01 Å². The highest BCUT2D eigenvalue weighted by Crippen LogP contribution is 2.35. The van der Waals surface area contributed by atoms with Gasteiger partial charge < -0.3 is 4.52 Å². The van der Waals surface area contributed by atoms with Gasteiger partial charge in [0, 0.05) is 5.56 Å². The van der Waals surface area contributed by atoms with Gasteiger partial charge in [-0.15, -0.1) is 10.2 Å². The Kier molecular flexibility index (Phi) is 3.97. The third kappa shape index (κ3) is 2.89. The third-order valence-electron chi connectivity index (χ3n) is 2.58. The van der Waals surface area contributed by atoms with Crippen LogP contribution in [-0.4, -0.2) is 21.3 Å². The molecule has 22 heavy (non-hydrogen) atoms. The molecule has 0 spiro atoms. The topological polar surface area (TPSA) is 101 Å². The number of halogens is 2. The van der Waals surface area contributed by atoms with Gasteiger partial charge in [-0.2, -0.15) is 5.16 Å². The minimum absolute atomic E-state index is 0.150. The van der Waals surface area contributed by atoms with E-state index in [1.807, 2.05) is 5.16 Å². The molecule has 0 saturated heterocycles. The number of nitrogens with one attached hydrogen (secondary N) is 2. The summed E-state index contributed by atoms with van der Waals surface area (Å²) >= 11 is 13.2. The van der Waals surface area contributed by atoms with Gasteiger partial charge in [-0.3, -0.25) is 14.9 Å². The van der Waals surface area contributed by atoms with Crippen LogP contribution in [0.3, 0.4) is 0 Å². The molecule has 0 aliphatic heterocycles. The van der Waals surface area contributed by atoms with Crippen molar-refractivity contribution in [1.82, 2.24) is 15.4 Å². The van der Waals surface area contributed by atoms with Crippen molar-refractivity contribution in [2.75, 3.05) is 5.32 Å². The van der Waals surface area contributed by atoms with Gasteiger partial charge in [0.2, 0.25) is 10.9 Å². The van der Waals surface area contributed by atoms with Gasteiger partial charge in [-0.05, 0) is 6.07 Å². The van der Waals surface area contributed by atoms with Crippen molar-refractivity contribution in [2.45, 2.75) is 0 Å². The zero-order valence-corrected chi connectivity index (χ0v) is 12.9. The van der Waals surface area contributed by atoms with Gasteiger partial charge in [0.25, 0.3) is 11.5 Å². The molecule has 3 rings (SSSR count). The van der Waals surface area contributed by atoms with Crippen molar-refractivity contribution >= 4 is 45.6 Å². The lowest BCUT2D eigenvalue weighted by Gasteiger charge is -2.00. The maximum Gasteiger partial charge on any atom is 0.296 e. The summed E-state index contributed by atoms with van der Waals surface area (Å²) in [5.41, 5.74) is 0.106. The minimum atomic E-state index is -0.613. The molecular formula is C12H6Cl2N4O3S. The highest BCUT2D eigenvalue weighted by atomic mass is 35.5. The molecule has 0 unspecified atom stereocenters. The summed E-state index contributed by atoms with van der Waals surface area (Å²) in [6.07, 6.45) is 0. The van der Waals surface area contributed by atoms with E-state index in [1.165, 1.54) is 0 Å². The lowest BCUT2D eigenvalue weighted by atomic mass is 10.2. The van der Waals surface area contributed by atoms with Crippen molar-refractivity contribution in [1.29, 1.82) is 0 Å². The van der Waals surface area contributed by atoms with Crippen molar-refractivity contribution in [3.05, 3.63) is 50.4 Å². The number of carbonyl (C=O) groups is 1. The normalized spacial score (nSPS) is 10.6. The molecule has 10 heteroatoms. The van der Waals surface area contributed by atoms with E-state index in [-0.39, 0.29) is 10.9 Å². The summed E-state index contributed by atoms with van der Waals surface area (Å²) < 4.78 is 4.69. The standard InChI is InChI=1S/C12H6Cl2N4O3S/c13-6-3-1-2-5(9(6)14)11-16-17-12(22-11)15-10(20)7-4-8(19)18-21-7/h1-4H,(H,18,19)(H,15,17,20). The molecule has 1 aromatic carbocycles. The van der Waals surface area contributed by atoms with Crippen LogP contribution in [0.5, 0.6) is 0 Å². The number of carbonyl (C=O) groups excluding carboxylic acids is 1. The molecule has 2 heterocycles. The quantitative estimate of drug-likeness (QED) is 0.750. The molecule has 7 nitrogen and oxygen atoms in total. The Hall–Kier alpha value is -2.16. The Morgan fingerprint density at radius 1 is 1.32 bits per heavy atom. The maximum atomic E-state index is 11.8. The Balaban J connectivity index is 1.83. The molecule has 3 aromatic rings. The van der Waals surface area contributed by atoms with Crippen LogP contribution < -0.4 is 10.9 Å². The SMILES string of the molecule is O=C(Nc1nnc(-c2cccc(Cl)c2Cl)s1)c1cc(=O)[nH]o1. The molecule has 0 saturated carbocycles. The number of aromatic amines is 1. The minimum Gasteiger partial charge on any atom is -0.373 e. The summed E-state index contributed by atoms with van der Waals surface area (Å²) in [5.74, 6) is -0.763. The zero-order valence-electron chi connectivity index (χ0n) is 10.6. The van der Waals surface area contributed by atoms with E-state index in [4.69, 9.17) is 27.7 Å². The van der Waals surface area contributed by atoms with Gasteiger partial charge in [0.1, 0.15) is 0 Å². The molecule has 2 N–H and O–H groups in total. The fraction of sp³-hybridized carbons (Fsp3) is 0. The first-order valence-electron chi connectivity index (χ1n) is 5.82. The molecule has 0 aliphatic rings. The van der Waals surface area contributed by atoms with Gasteiger partial charge in [-0.25, -0.2) is 0 Å². The van der Waals surface area contributed by atoms with Crippen molar-refractivity contribution < 1.29 is 9.32 Å². The lowest BCUT2D eigenvalue weighted by Crippen LogP contribution is -2.11. The highest BCUT2D eigenvalue weighted by molar-refractivity contribution is 7.18. The highest BCUT2D eigenvalue weighted by Gasteiger charge is 2.16. The molecular weight excluding hydrogens is 351 g/mol. The molecule has 0 atom stereocenters. The second-order valence-corrected chi connectivity index (χ2v) is 5.81. The first-order valence-corrected chi connectivity index (χ1v) is 7.39. The number of nitrogens with zero attached hydrogens (tertiary/aromatic N) is 2. The van der Waals surface area contributed by atoms with Crippen LogP contribution in [0.1, 0.15) is 10.6 Å². The number of hydrogen-bond donors (Lipinski definition) is 2. The predicted molar refractivity (Wildman–Crippen MR) is 82.6 cm³/mol. The lowest BCUT2D eigenvalue weighted by molar-refractivity contribution is 0.0987.